The van der Waals surface area contributed by atoms with Crippen LogP contribution in [0.3, 0.4) is 0 Å². The zero-order chi connectivity index (χ0) is 24.3. The van der Waals surface area contributed by atoms with Crippen LogP contribution in [0.1, 0.15) is 28.4 Å². The minimum Gasteiger partial charge on any atom is -0.497 e. The van der Waals surface area contributed by atoms with Crippen molar-refractivity contribution in [3.63, 3.8) is 0 Å². The summed E-state index contributed by atoms with van der Waals surface area (Å²) in [7, 11) is 1.60. The molecule has 7 nitrogen and oxygen atoms in total. The molecule has 1 saturated heterocycles. The number of Topliss-reactive ketones (excluding diaryl/α,β-unsaturated/α-hetero) is 2. The Morgan fingerprint density at radius 2 is 1.94 bits per heavy atom. The highest BCUT2D eigenvalue weighted by molar-refractivity contribution is 6.16. The number of nitrogens with zero attached hydrogens (tertiary/aromatic N) is 2. The van der Waals surface area contributed by atoms with Gasteiger partial charge in [0.25, 0.3) is 0 Å². The summed E-state index contributed by atoms with van der Waals surface area (Å²) in [4.78, 5) is 47.6. The van der Waals surface area contributed by atoms with Gasteiger partial charge in [-0.3, -0.25) is 19.4 Å². The Morgan fingerprint density at radius 3 is 2.69 bits per heavy atom. The molecule has 35 heavy (non-hydrogen) atoms. The van der Waals surface area contributed by atoms with Crippen molar-refractivity contribution in [1.29, 1.82) is 0 Å². The number of ether oxygens (including phenoxy) is 1. The Labute approximate surface area is 202 Å². The number of benzene rings is 2. The number of carbonyl (C=O) groups is 3. The van der Waals surface area contributed by atoms with Gasteiger partial charge in [-0.05, 0) is 48.9 Å². The number of rotatable bonds is 4. The molecule has 3 aliphatic heterocycles. The molecule has 7 heteroatoms. The number of pyridine rings is 1. The lowest BCUT2D eigenvalue weighted by Gasteiger charge is -2.37. The van der Waals surface area contributed by atoms with Crippen LogP contribution in [0.5, 0.6) is 5.75 Å². The van der Waals surface area contributed by atoms with Crippen LogP contribution in [-0.2, 0) is 15.0 Å². The number of amides is 1. The largest absolute Gasteiger partial charge is 0.497 e. The smallest absolute Gasteiger partial charge is 0.238 e. The van der Waals surface area contributed by atoms with Crippen molar-refractivity contribution in [1.82, 2.24) is 4.98 Å². The number of anilines is 2. The molecule has 3 aliphatic rings. The average Bonchev–Trinajstić information content (AvgIpc) is 3.36. The van der Waals surface area contributed by atoms with Crippen molar-refractivity contribution < 1.29 is 19.1 Å². The monoisotopic (exact) mass is 465 g/mol. The molecule has 0 aliphatic carbocycles. The number of ketones is 2. The molecule has 1 aromatic heterocycles. The van der Waals surface area contributed by atoms with Gasteiger partial charge in [-0.15, -0.1) is 0 Å². The van der Waals surface area contributed by atoms with Gasteiger partial charge in [-0.25, -0.2) is 0 Å². The second kappa shape index (κ2) is 7.63. The fourth-order valence-electron chi connectivity index (χ4n) is 6.13. The van der Waals surface area contributed by atoms with Gasteiger partial charge in [0.05, 0.1) is 25.1 Å². The minimum absolute atomic E-state index is 0.177. The molecule has 0 bridgehead atoms. The fourth-order valence-corrected chi connectivity index (χ4v) is 6.13. The van der Waals surface area contributed by atoms with Gasteiger partial charge in [0.15, 0.2) is 11.6 Å². The zero-order valence-electron chi connectivity index (χ0n) is 19.3. The van der Waals surface area contributed by atoms with Crippen molar-refractivity contribution in [2.24, 2.45) is 5.92 Å². The van der Waals surface area contributed by atoms with E-state index in [1.54, 1.807) is 25.4 Å². The first-order valence-electron chi connectivity index (χ1n) is 11.5. The number of nitrogens with one attached hydrogen (secondary N) is 1. The van der Waals surface area contributed by atoms with E-state index in [0.29, 0.717) is 17.0 Å². The zero-order valence-corrected chi connectivity index (χ0v) is 19.3. The van der Waals surface area contributed by atoms with E-state index in [9.17, 15) is 14.4 Å². The standard InChI is InChI=1S/C28H23N3O4/c1-16(32)25-24(26(33)18-6-5-13-29-15-18)28(20-7-3-4-8-21(20)30-27(28)34)23-12-9-17-14-19(35-2)10-11-22(17)31(23)25/h3-15,23-25H,1-2H3,(H,30,34)/t23-,24+,25-,28-/m1/s1. The highest BCUT2D eigenvalue weighted by atomic mass is 16.5. The highest BCUT2D eigenvalue weighted by Crippen LogP contribution is 2.57. The molecule has 0 radical (unpaired) electrons. The Kier molecular flexibility index (Phi) is 4.64. The van der Waals surface area contributed by atoms with Gasteiger partial charge < -0.3 is 15.0 Å². The molecule has 2 aromatic carbocycles. The predicted molar refractivity (Wildman–Crippen MR) is 132 cm³/mol. The molecule has 1 amide bonds. The number of fused-ring (bicyclic) bond motifs is 6. The fraction of sp³-hybridized carbons (Fsp3) is 0.214. The molecule has 1 N–H and O–H groups in total. The van der Waals surface area contributed by atoms with E-state index in [2.05, 4.69) is 10.3 Å². The van der Waals surface area contributed by atoms with Crippen molar-refractivity contribution in [3.05, 3.63) is 89.8 Å². The first kappa shape index (κ1) is 21.3. The summed E-state index contributed by atoms with van der Waals surface area (Å²) in [6.07, 6.45) is 6.98. The van der Waals surface area contributed by atoms with Crippen molar-refractivity contribution in [2.45, 2.75) is 24.4 Å². The van der Waals surface area contributed by atoms with Crippen LogP contribution < -0.4 is 15.0 Å². The number of aromatic nitrogens is 1. The maximum Gasteiger partial charge on any atom is 0.238 e. The second-order valence-corrected chi connectivity index (χ2v) is 9.14. The third kappa shape index (κ3) is 2.78. The van der Waals surface area contributed by atoms with E-state index < -0.39 is 23.4 Å². The molecule has 1 spiro atoms. The first-order chi connectivity index (χ1) is 17.0. The number of carbonyl (C=O) groups excluding carboxylic acids is 3. The SMILES string of the molecule is COc1ccc2c(c1)C=C[C@H]1N2[C@H](C(C)=O)[C@@H](C(=O)c2cccnc2)[C@]12C(=O)Nc1ccccc12. The maximum atomic E-state index is 14.2. The van der Waals surface area contributed by atoms with Gasteiger partial charge in [0.1, 0.15) is 11.2 Å². The third-order valence-electron chi connectivity index (χ3n) is 7.48. The van der Waals surface area contributed by atoms with E-state index in [0.717, 1.165) is 16.8 Å². The van der Waals surface area contributed by atoms with Gasteiger partial charge in [0.2, 0.25) is 5.91 Å². The average molecular weight is 466 g/mol. The van der Waals surface area contributed by atoms with E-state index >= 15 is 0 Å². The summed E-state index contributed by atoms with van der Waals surface area (Å²) < 4.78 is 5.40. The summed E-state index contributed by atoms with van der Waals surface area (Å²) >= 11 is 0. The number of hydrogen-bond acceptors (Lipinski definition) is 6. The van der Waals surface area contributed by atoms with Crippen LogP contribution in [0, 0.1) is 5.92 Å². The molecular formula is C28H23N3O4. The van der Waals surface area contributed by atoms with E-state index in [-0.39, 0.29) is 17.5 Å². The number of methoxy groups -OCH3 is 1. The Hall–Kier alpha value is -4.26. The molecule has 0 saturated carbocycles. The molecular weight excluding hydrogens is 442 g/mol. The molecule has 0 unspecified atom stereocenters. The number of hydrogen-bond donors (Lipinski definition) is 1. The van der Waals surface area contributed by atoms with E-state index in [1.165, 1.54) is 13.1 Å². The van der Waals surface area contributed by atoms with Crippen LogP contribution in [-0.4, -0.2) is 41.7 Å². The van der Waals surface area contributed by atoms with Crippen LogP contribution in [0.2, 0.25) is 0 Å². The summed E-state index contributed by atoms with van der Waals surface area (Å²) in [5.41, 5.74) is 2.14. The van der Waals surface area contributed by atoms with Gasteiger partial charge in [-0.1, -0.05) is 30.4 Å². The quantitative estimate of drug-likeness (QED) is 0.592. The van der Waals surface area contributed by atoms with Gasteiger partial charge in [0, 0.05) is 34.9 Å². The Balaban J connectivity index is 1.65. The van der Waals surface area contributed by atoms with E-state index in [4.69, 9.17) is 4.74 Å². The lowest BCUT2D eigenvalue weighted by molar-refractivity contribution is -0.122. The van der Waals surface area contributed by atoms with Crippen LogP contribution >= 0.6 is 0 Å². The summed E-state index contributed by atoms with van der Waals surface area (Å²) in [6, 6.07) is 15.0. The number of para-hydroxylation sites is 1. The van der Waals surface area contributed by atoms with Crippen molar-refractivity contribution in [3.8, 4) is 5.75 Å². The summed E-state index contributed by atoms with van der Waals surface area (Å²) in [5, 5.41) is 3.00. The summed E-state index contributed by atoms with van der Waals surface area (Å²) in [6.45, 7) is 1.49. The normalized spacial score (nSPS) is 25.6. The van der Waals surface area contributed by atoms with Gasteiger partial charge in [-0.2, -0.15) is 0 Å². The van der Waals surface area contributed by atoms with E-state index in [1.807, 2.05) is 59.5 Å². The summed E-state index contributed by atoms with van der Waals surface area (Å²) in [5.74, 6) is -0.990. The van der Waals surface area contributed by atoms with Crippen LogP contribution in [0.4, 0.5) is 11.4 Å². The maximum absolute atomic E-state index is 14.2. The molecule has 6 rings (SSSR count). The van der Waals surface area contributed by atoms with Crippen LogP contribution in [0.25, 0.3) is 6.08 Å². The highest BCUT2D eigenvalue weighted by Gasteiger charge is 2.69. The topological polar surface area (TPSA) is 88.6 Å². The molecule has 174 valence electrons. The molecule has 4 heterocycles. The Morgan fingerprint density at radius 1 is 1.11 bits per heavy atom. The third-order valence-corrected chi connectivity index (χ3v) is 7.48. The molecule has 1 fully saturated rings. The van der Waals surface area contributed by atoms with Crippen LogP contribution in [0.15, 0.2) is 73.1 Å². The minimum atomic E-state index is -1.28. The van der Waals surface area contributed by atoms with Gasteiger partial charge >= 0.3 is 0 Å². The second-order valence-electron chi connectivity index (χ2n) is 9.14. The lowest BCUT2D eigenvalue weighted by atomic mass is 9.64. The van der Waals surface area contributed by atoms with Crippen molar-refractivity contribution >= 4 is 34.9 Å². The Bertz CT molecular complexity index is 1420. The first-order valence-corrected chi connectivity index (χ1v) is 11.5. The molecule has 4 atom stereocenters. The predicted octanol–water partition coefficient (Wildman–Crippen LogP) is 3.65. The molecule has 3 aromatic rings. The van der Waals surface area contributed by atoms with Crippen molar-refractivity contribution in [2.75, 3.05) is 17.3 Å². The lowest BCUT2D eigenvalue weighted by Crippen LogP contribution is -2.51.